The van der Waals surface area contributed by atoms with Crippen molar-refractivity contribution < 1.29 is 13.2 Å². The molecule has 0 spiro atoms. The highest BCUT2D eigenvalue weighted by atomic mass is 35.5. The van der Waals surface area contributed by atoms with Gasteiger partial charge in [0.15, 0.2) is 0 Å². The highest BCUT2D eigenvalue weighted by Gasteiger charge is 2.28. The molecule has 0 atom stereocenters. The lowest BCUT2D eigenvalue weighted by atomic mass is 10.1. The lowest BCUT2D eigenvalue weighted by molar-refractivity contribution is 0.102. The maximum Gasteiger partial charge on any atom is 0.255 e. The van der Waals surface area contributed by atoms with E-state index >= 15 is 0 Å². The normalized spacial score (nSPS) is 14.5. The van der Waals surface area contributed by atoms with E-state index in [2.05, 4.69) is 22.1 Å². The van der Waals surface area contributed by atoms with Crippen molar-refractivity contribution >= 4 is 33.2 Å². The minimum absolute atomic E-state index is 0.0429. The average Bonchev–Trinajstić information content (AvgIpc) is 3.14. The molecule has 2 aromatic carbocycles. The van der Waals surface area contributed by atoms with Crippen molar-refractivity contribution in [2.45, 2.75) is 30.6 Å². The lowest BCUT2D eigenvalue weighted by Gasteiger charge is -2.21. The summed E-state index contributed by atoms with van der Waals surface area (Å²) in [5.74, 6) is 5.57. The van der Waals surface area contributed by atoms with Crippen LogP contribution in [-0.2, 0) is 10.0 Å². The van der Waals surface area contributed by atoms with E-state index in [-0.39, 0.29) is 15.5 Å². The van der Waals surface area contributed by atoms with Crippen molar-refractivity contribution in [2.75, 3.05) is 18.4 Å². The molecule has 0 aliphatic carbocycles. The third-order valence-electron chi connectivity index (χ3n) is 5.50. The summed E-state index contributed by atoms with van der Waals surface area (Å²) >= 11 is 6.25. The third kappa shape index (κ3) is 5.84. The fourth-order valence-corrected chi connectivity index (χ4v) is 5.73. The largest absolute Gasteiger partial charge is 0.322 e. The summed E-state index contributed by atoms with van der Waals surface area (Å²) < 4.78 is 27.9. The maximum atomic E-state index is 13.2. The predicted octanol–water partition coefficient (Wildman–Crippen LogP) is 4.95. The summed E-state index contributed by atoms with van der Waals surface area (Å²) in [6.45, 7) is 0.919. The number of aromatic nitrogens is 1. The number of nitrogens with zero attached hydrogens (tertiary/aromatic N) is 2. The van der Waals surface area contributed by atoms with E-state index in [4.69, 9.17) is 11.6 Å². The van der Waals surface area contributed by atoms with E-state index in [1.165, 1.54) is 22.5 Å². The molecule has 2 heterocycles. The van der Waals surface area contributed by atoms with Crippen LogP contribution in [0.15, 0.2) is 71.8 Å². The van der Waals surface area contributed by atoms with Gasteiger partial charge in [0.2, 0.25) is 10.0 Å². The number of sulfonamides is 1. The summed E-state index contributed by atoms with van der Waals surface area (Å²) in [5, 5.41) is 2.91. The molecule has 1 fully saturated rings. The molecule has 1 aromatic heterocycles. The third-order valence-corrected chi connectivity index (χ3v) is 7.88. The molecule has 34 heavy (non-hydrogen) atoms. The molecule has 4 rings (SSSR count). The standard InChI is InChI=1S/C26H24ClN3O3S/c27-24-14-12-21(19-25(24)34(32,33)30-16-5-1-2-6-17-30)26(31)29-23-10-7-8-20(18-23)11-13-22-9-3-4-15-28-22/h3-4,7-10,12,14-15,18-19H,1-2,5-6,16-17H2,(H,29,31). The first-order valence-corrected chi connectivity index (χ1v) is 12.9. The zero-order valence-electron chi connectivity index (χ0n) is 18.5. The molecule has 1 aliphatic rings. The molecule has 1 saturated heterocycles. The highest BCUT2D eigenvalue weighted by molar-refractivity contribution is 7.89. The van der Waals surface area contributed by atoms with Crippen LogP contribution in [0.2, 0.25) is 5.02 Å². The second kappa shape index (κ2) is 10.8. The summed E-state index contributed by atoms with van der Waals surface area (Å²) in [4.78, 5) is 17.0. The van der Waals surface area contributed by atoms with Gasteiger partial charge in [0.25, 0.3) is 5.91 Å². The van der Waals surface area contributed by atoms with Gasteiger partial charge in [0.05, 0.1) is 5.02 Å². The van der Waals surface area contributed by atoms with E-state index in [1.807, 2.05) is 24.3 Å². The van der Waals surface area contributed by atoms with Gasteiger partial charge in [-0.25, -0.2) is 13.4 Å². The number of hydrogen-bond donors (Lipinski definition) is 1. The minimum Gasteiger partial charge on any atom is -0.322 e. The summed E-state index contributed by atoms with van der Waals surface area (Å²) in [5.41, 5.74) is 2.12. The molecule has 8 heteroatoms. The molecule has 1 amide bonds. The Morgan fingerprint density at radius 2 is 1.74 bits per heavy atom. The fraction of sp³-hybridized carbons (Fsp3) is 0.231. The van der Waals surface area contributed by atoms with Crippen LogP contribution in [0.1, 0.15) is 47.3 Å². The van der Waals surface area contributed by atoms with Gasteiger partial charge in [-0.1, -0.05) is 42.5 Å². The van der Waals surface area contributed by atoms with Crippen molar-refractivity contribution in [3.05, 3.63) is 88.7 Å². The number of carbonyl (C=O) groups is 1. The van der Waals surface area contributed by atoms with Crippen LogP contribution in [0.4, 0.5) is 5.69 Å². The zero-order valence-corrected chi connectivity index (χ0v) is 20.1. The predicted molar refractivity (Wildman–Crippen MR) is 133 cm³/mol. The molecule has 3 aromatic rings. The van der Waals surface area contributed by atoms with Gasteiger partial charge in [0, 0.05) is 36.1 Å². The Labute approximate surface area is 205 Å². The molecule has 174 valence electrons. The van der Waals surface area contributed by atoms with Crippen LogP contribution < -0.4 is 5.32 Å². The number of amides is 1. The Kier molecular flexibility index (Phi) is 7.63. The van der Waals surface area contributed by atoms with E-state index in [9.17, 15) is 13.2 Å². The van der Waals surface area contributed by atoms with Crippen molar-refractivity contribution in [1.29, 1.82) is 0 Å². The Hall–Kier alpha value is -3.18. The lowest BCUT2D eigenvalue weighted by Crippen LogP contribution is -2.32. The first-order valence-electron chi connectivity index (χ1n) is 11.1. The second-order valence-corrected chi connectivity index (χ2v) is 10.3. The highest BCUT2D eigenvalue weighted by Crippen LogP contribution is 2.28. The molecule has 0 unspecified atom stereocenters. The van der Waals surface area contributed by atoms with Crippen LogP contribution >= 0.6 is 11.6 Å². The van der Waals surface area contributed by atoms with E-state index < -0.39 is 15.9 Å². The number of carbonyl (C=O) groups excluding carboxylic acids is 1. The summed E-state index contributed by atoms with van der Waals surface area (Å²) in [6, 6.07) is 16.9. The first-order chi connectivity index (χ1) is 16.4. The van der Waals surface area contributed by atoms with Crippen LogP contribution in [-0.4, -0.2) is 36.7 Å². The van der Waals surface area contributed by atoms with Gasteiger partial charge in [-0.15, -0.1) is 0 Å². The van der Waals surface area contributed by atoms with Crippen molar-refractivity contribution in [2.24, 2.45) is 0 Å². The van der Waals surface area contributed by atoms with Crippen LogP contribution in [0.25, 0.3) is 0 Å². The van der Waals surface area contributed by atoms with Gasteiger partial charge in [-0.3, -0.25) is 4.79 Å². The van der Waals surface area contributed by atoms with Crippen molar-refractivity contribution in [1.82, 2.24) is 9.29 Å². The van der Waals surface area contributed by atoms with Crippen molar-refractivity contribution in [3.63, 3.8) is 0 Å². The Morgan fingerprint density at radius 1 is 0.941 bits per heavy atom. The first kappa shape index (κ1) is 24.0. The summed E-state index contributed by atoms with van der Waals surface area (Å²) in [7, 11) is -3.79. The van der Waals surface area contributed by atoms with Gasteiger partial charge >= 0.3 is 0 Å². The molecular weight excluding hydrogens is 470 g/mol. The quantitative estimate of drug-likeness (QED) is 0.521. The van der Waals surface area contributed by atoms with Gasteiger partial charge in [-0.05, 0) is 67.3 Å². The molecule has 6 nitrogen and oxygen atoms in total. The Morgan fingerprint density at radius 3 is 2.47 bits per heavy atom. The molecule has 0 radical (unpaired) electrons. The van der Waals surface area contributed by atoms with E-state index in [1.54, 1.807) is 24.4 Å². The molecule has 1 aliphatic heterocycles. The number of rotatable bonds is 4. The maximum absolute atomic E-state index is 13.2. The van der Waals surface area contributed by atoms with Gasteiger partial charge in [-0.2, -0.15) is 4.31 Å². The minimum atomic E-state index is -3.79. The average molecular weight is 494 g/mol. The number of hydrogen-bond acceptors (Lipinski definition) is 4. The van der Waals surface area contributed by atoms with Gasteiger partial charge < -0.3 is 5.32 Å². The van der Waals surface area contributed by atoms with Crippen molar-refractivity contribution in [3.8, 4) is 11.8 Å². The van der Waals surface area contributed by atoms with Gasteiger partial charge in [0.1, 0.15) is 10.6 Å². The van der Waals surface area contributed by atoms with E-state index in [0.717, 1.165) is 25.7 Å². The molecular formula is C26H24ClN3O3S. The Balaban J connectivity index is 1.54. The number of nitrogens with one attached hydrogen (secondary N) is 1. The molecule has 0 bridgehead atoms. The monoisotopic (exact) mass is 493 g/mol. The van der Waals surface area contributed by atoms with Crippen LogP contribution in [0, 0.1) is 11.8 Å². The number of halogens is 1. The number of anilines is 1. The molecule has 1 N–H and O–H groups in total. The fourth-order valence-electron chi connectivity index (χ4n) is 3.71. The molecule has 0 saturated carbocycles. The van der Waals surface area contributed by atoms with Crippen LogP contribution in [0.3, 0.4) is 0 Å². The SMILES string of the molecule is O=C(Nc1cccc(C#Cc2ccccn2)c1)c1ccc(Cl)c(S(=O)(=O)N2CCCCCC2)c1. The summed E-state index contributed by atoms with van der Waals surface area (Å²) in [6.07, 6.45) is 5.32. The van der Waals surface area contributed by atoms with E-state index in [0.29, 0.717) is 30.0 Å². The Bertz CT molecular complexity index is 1340. The smallest absolute Gasteiger partial charge is 0.255 e. The van der Waals surface area contributed by atoms with Crippen LogP contribution in [0.5, 0.6) is 0 Å². The number of benzene rings is 2. The number of pyridine rings is 1. The topological polar surface area (TPSA) is 79.4 Å². The zero-order chi connectivity index (χ0) is 24.0. The second-order valence-electron chi connectivity index (χ2n) is 7.96.